The third-order valence-electron chi connectivity index (χ3n) is 5.32. The molecule has 8 nitrogen and oxygen atoms in total. The Hall–Kier alpha value is -3.07. The first-order valence-electron chi connectivity index (χ1n) is 10.4. The number of thiophene rings is 1. The van der Waals surface area contributed by atoms with Crippen molar-refractivity contribution in [3.63, 3.8) is 0 Å². The zero-order valence-electron chi connectivity index (χ0n) is 17.5. The highest BCUT2D eigenvalue weighted by molar-refractivity contribution is 7.18. The number of esters is 1. The lowest BCUT2D eigenvalue weighted by Gasteiger charge is -2.17. The molecule has 0 spiro atoms. The minimum absolute atomic E-state index is 0.233. The van der Waals surface area contributed by atoms with Crippen molar-refractivity contribution in [2.45, 2.75) is 46.1 Å². The Bertz CT molecular complexity index is 1180. The van der Waals surface area contributed by atoms with E-state index in [-0.39, 0.29) is 12.1 Å². The maximum atomic E-state index is 13.0. The van der Waals surface area contributed by atoms with Crippen LogP contribution in [0.25, 0.3) is 10.2 Å². The molecule has 1 aliphatic carbocycles. The van der Waals surface area contributed by atoms with Crippen molar-refractivity contribution in [1.29, 1.82) is 0 Å². The van der Waals surface area contributed by atoms with Crippen LogP contribution in [-0.2, 0) is 28.9 Å². The molecule has 31 heavy (non-hydrogen) atoms. The maximum absolute atomic E-state index is 13.0. The monoisotopic (exact) mass is 440 g/mol. The number of anilines is 1. The van der Waals surface area contributed by atoms with E-state index in [1.54, 1.807) is 24.3 Å². The summed E-state index contributed by atoms with van der Waals surface area (Å²) in [5, 5.41) is 11.5. The number of nitrogens with one attached hydrogen (secondary N) is 1. The molecular weight excluding hydrogens is 416 g/mol. The highest BCUT2D eigenvalue weighted by Gasteiger charge is 2.24. The summed E-state index contributed by atoms with van der Waals surface area (Å²) in [6.45, 7) is 4.27. The molecule has 0 saturated carbocycles. The second-order valence-electron chi connectivity index (χ2n) is 7.85. The lowest BCUT2D eigenvalue weighted by molar-refractivity contribution is -0.117. The van der Waals surface area contributed by atoms with Gasteiger partial charge in [-0.05, 0) is 61.4 Å². The van der Waals surface area contributed by atoms with E-state index in [1.807, 2.05) is 6.92 Å². The van der Waals surface area contributed by atoms with Gasteiger partial charge in [-0.1, -0.05) is 19.1 Å². The van der Waals surface area contributed by atoms with E-state index in [2.05, 4.69) is 22.6 Å². The topological polar surface area (TPSA) is 103 Å². The van der Waals surface area contributed by atoms with Gasteiger partial charge in [0.15, 0.2) is 4.83 Å². The number of benzene rings is 1. The molecule has 0 unspecified atom stereocenters. The minimum atomic E-state index is -0.400. The number of ether oxygens (including phenoxy) is 1. The van der Waals surface area contributed by atoms with Crippen molar-refractivity contribution >= 4 is 39.1 Å². The summed E-state index contributed by atoms with van der Waals surface area (Å²) in [7, 11) is 0. The van der Waals surface area contributed by atoms with Gasteiger partial charge >= 0.3 is 5.97 Å². The third-order valence-corrected chi connectivity index (χ3v) is 6.46. The Morgan fingerprint density at radius 3 is 2.81 bits per heavy atom. The molecule has 2 heterocycles. The summed E-state index contributed by atoms with van der Waals surface area (Å²) in [6, 6.07) is 6.41. The van der Waals surface area contributed by atoms with Crippen molar-refractivity contribution in [3.05, 3.63) is 50.6 Å². The zero-order chi connectivity index (χ0) is 22.0. The zero-order valence-corrected chi connectivity index (χ0v) is 18.3. The quantitative estimate of drug-likeness (QED) is 0.591. The van der Waals surface area contributed by atoms with Crippen LogP contribution in [-0.4, -0.2) is 33.5 Å². The van der Waals surface area contributed by atoms with Crippen LogP contribution in [0.3, 0.4) is 0 Å². The Labute approximate surface area is 183 Å². The van der Waals surface area contributed by atoms with Gasteiger partial charge in [-0.2, -0.15) is 0 Å². The van der Waals surface area contributed by atoms with Crippen LogP contribution in [0.2, 0.25) is 0 Å². The molecule has 2 aromatic heterocycles. The smallest absolute Gasteiger partial charge is 0.338 e. The average Bonchev–Trinajstić information content (AvgIpc) is 3.12. The van der Waals surface area contributed by atoms with E-state index in [0.717, 1.165) is 35.9 Å². The predicted octanol–water partition coefficient (Wildman–Crippen LogP) is 3.18. The minimum Gasteiger partial charge on any atom is -0.462 e. The first-order valence-corrected chi connectivity index (χ1v) is 11.2. The van der Waals surface area contributed by atoms with Gasteiger partial charge in [0, 0.05) is 10.6 Å². The number of aryl methyl sites for hydroxylation is 1. The first kappa shape index (κ1) is 21.2. The van der Waals surface area contributed by atoms with E-state index in [9.17, 15) is 14.4 Å². The number of hydrogen-bond donors (Lipinski definition) is 1. The van der Waals surface area contributed by atoms with Gasteiger partial charge in [0.2, 0.25) is 5.91 Å². The number of aromatic nitrogens is 3. The van der Waals surface area contributed by atoms with Crippen molar-refractivity contribution in [2.75, 3.05) is 11.9 Å². The number of hydrogen-bond acceptors (Lipinski definition) is 7. The van der Waals surface area contributed by atoms with Gasteiger partial charge in [-0.15, -0.1) is 16.4 Å². The standard InChI is InChI=1S/C22H24N4O4S/c1-3-10-30-22(29)14-5-7-15(8-6-14)23-18(27)12-26-21(28)19-16-9-4-13(2)11-17(16)31-20(19)24-25-26/h5-8,13H,3-4,9-12H2,1-2H3,(H,23,27)/t13-/m1/s1. The van der Waals surface area contributed by atoms with Crippen LogP contribution < -0.4 is 10.9 Å². The van der Waals surface area contributed by atoms with E-state index in [4.69, 9.17) is 4.74 Å². The molecule has 1 amide bonds. The second kappa shape index (κ2) is 8.97. The van der Waals surface area contributed by atoms with E-state index in [1.165, 1.54) is 16.2 Å². The van der Waals surface area contributed by atoms with Crippen molar-refractivity contribution in [1.82, 2.24) is 15.0 Å². The molecule has 0 bridgehead atoms. The molecule has 9 heteroatoms. The van der Waals surface area contributed by atoms with Crippen LogP contribution in [0.15, 0.2) is 29.1 Å². The molecular formula is C22H24N4O4S. The van der Waals surface area contributed by atoms with Gasteiger partial charge < -0.3 is 10.1 Å². The number of fused-ring (bicyclic) bond motifs is 3. The van der Waals surface area contributed by atoms with Gasteiger partial charge in [0.05, 0.1) is 17.6 Å². The fourth-order valence-electron chi connectivity index (χ4n) is 3.70. The second-order valence-corrected chi connectivity index (χ2v) is 8.93. The first-order chi connectivity index (χ1) is 15.0. The average molecular weight is 441 g/mol. The van der Waals surface area contributed by atoms with E-state index < -0.39 is 11.9 Å². The Balaban J connectivity index is 1.47. The van der Waals surface area contributed by atoms with E-state index in [0.29, 0.717) is 34.0 Å². The van der Waals surface area contributed by atoms with Gasteiger partial charge in [0.25, 0.3) is 5.56 Å². The lowest BCUT2D eigenvalue weighted by atomic mass is 9.89. The number of carbonyl (C=O) groups excluding carboxylic acids is 2. The highest BCUT2D eigenvalue weighted by Crippen LogP contribution is 2.35. The summed E-state index contributed by atoms with van der Waals surface area (Å²) in [4.78, 5) is 39.2. The predicted molar refractivity (Wildman–Crippen MR) is 119 cm³/mol. The molecule has 162 valence electrons. The molecule has 0 fully saturated rings. The number of amides is 1. The molecule has 0 radical (unpaired) electrons. The normalized spacial score (nSPS) is 15.5. The maximum Gasteiger partial charge on any atom is 0.338 e. The van der Waals surface area contributed by atoms with Gasteiger partial charge in [0.1, 0.15) is 6.54 Å². The third kappa shape index (κ3) is 4.51. The molecule has 3 aromatic rings. The molecule has 1 N–H and O–H groups in total. The Kier molecular flexibility index (Phi) is 6.13. The summed E-state index contributed by atoms with van der Waals surface area (Å²) in [6.07, 6.45) is 3.61. The summed E-state index contributed by atoms with van der Waals surface area (Å²) in [5.74, 6) is -0.195. The van der Waals surface area contributed by atoms with Crippen molar-refractivity contribution in [3.8, 4) is 0 Å². The highest BCUT2D eigenvalue weighted by atomic mass is 32.1. The van der Waals surface area contributed by atoms with Gasteiger partial charge in [-0.25, -0.2) is 9.48 Å². The fourth-order valence-corrected chi connectivity index (χ4v) is 5.02. The van der Waals surface area contributed by atoms with Crippen LogP contribution >= 0.6 is 11.3 Å². The van der Waals surface area contributed by atoms with Gasteiger partial charge in [-0.3, -0.25) is 9.59 Å². The number of nitrogens with zero attached hydrogens (tertiary/aromatic N) is 3. The molecule has 1 atom stereocenters. The number of rotatable bonds is 6. The summed E-state index contributed by atoms with van der Waals surface area (Å²) in [5.41, 5.74) is 1.72. The van der Waals surface area contributed by atoms with Crippen LogP contribution in [0.4, 0.5) is 5.69 Å². The Morgan fingerprint density at radius 2 is 2.06 bits per heavy atom. The Morgan fingerprint density at radius 1 is 1.29 bits per heavy atom. The van der Waals surface area contributed by atoms with Crippen LogP contribution in [0.5, 0.6) is 0 Å². The van der Waals surface area contributed by atoms with Crippen LogP contribution in [0, 0.1) is 5.92 Å². The lowest BCUT2D eigenvalue weighted by Crippen LogP contribution is -2.30. The molecule has 1 aromatic carbocycles. The summed E-state index contributed by atoms with van der Waals surface area (Å²) < 4.78 is 6.20. The molecule has 1 aliphatic rings. The fraction of sp³-hybridized carbons (Fsp3) is 0.409. The van der Waals surface area contributed by atoms with E-state index >= 15 is 0 Å². The molecule has 0 aliphatic heterocycles. The molecule has 4 rings (SSSR count). The molecule has 0 saturated heterocycles. The SMILES string of the molecule is CCCOC(=O)c1ccc(NC(=O)Cn2nnc3sc4c(c3c2=O)CC[C@@H](C)C4)cc1. The summed E-state index contributed by atoms with van der Waals surface area (Å²) >= 11 is 1.53. The number of carbonyl (C=O) groups is 2. The van der Waals surface area contributed by atoms with Crippen molar-refractivity contribution in [2.24, 2.45) is 5.92 Å². The van der Waals surface area contributed by atoms with Crippen LogP contribution in [0.1, 0.15) is 47.5 Å². The van der Waals surface area contributed by atoms with Crippen molar-refractivity contribution < 1.29 is 14.3 Å². The largest absolute Gasteiger partial charge is 0.462 e.